The van der Waals surface area contributed by atoms with Crippen LogP contribution in [0.2, 0.25) is 0 Å². The van der Waals surface area contributed by atoms with Crippen molar-refractivity contribution < 1.29 is 0 Å². The van der Waals surface area contributed by atoms with Gasteiger partial charge in [0.05, 0.1) is 22.1 Å². The van der Waals surface area contributed by atoms with Crippen molar-refractivity contribution >= 4 is 59.5 Å². The number of hydrogen-bond donors (Lipinski definition) is 0. The molecule has 2 nitrogen and oxygen atoms in total. The van der Waals surface area contributed by atoms with Crippen molar-refractivity contribution in [3.8, 4) is 22.5 Å². The molecule has 10 aromatic rings. The fourth-order valence-corrected chi connectivity index (χ4v) is 10.5. The van der Waals surface area contributed by atoms with Gasteiger partial charge in [-0.25, -0.2) is 0 Å². The van der Waals surface area contributed by atoms with Gasteiger partial charge in [0.2, 0.25) is 0 Å². The third-order valence-electron chi connectivity index (χ3n) is 11.9. The third-order valence-corrected chi connectivity index (χ3v) is 12.6. The molecule has 0 aliphatic heterocycles. The van der Waals surface area contributed by atoms with Crippen LogP contribution in [0.1, 0.15) is 45.2 Å². The Balaban J connectivity index is 1.21. The second-order valence-corrected chi connectivity index (χ2v) is 15.4. The molecule has 53 heavy (non-hydrogen) atoms. The van der Waals surface area contributed by atoms with Gasteiger partial charge in [-0.2, -0.15) is 0 Å². The molecule has 248 valence electrons. The minimum atomic E-state index is 0.142. The summed E-state index contributed by atoms with van der Waals surface area (Å²) in [6.07, 6.45) is 0. The van der Waals surface area contributed by atoms with Crippen LogP contribution in [0.3, 0.4) is 0 Å². The van der Waals surface area contributed by atoms with Gasteiger partial charge in [-0.3, -0.25) is 0 Å². The van der Waals surface area contributed by atoms with Crippen LogP contribution < -0.4 is 0 Å². The quantitative estimate of drug-likeness (QED) is 0.171. The van der Waals surface area contributed by atoms with E-state index in [2.05, 4.69) is 201 Å². The molecule has 0 saturated heterocycles. The summed E-state index contributed by atoms with van der Waals surface area (Å²) in [5.41, 5.74) is 18.1. The van der Waals surface area contributed by atoms with Crippen LogP contribution in [0.5, 0.6) is 0 Å². The third kappa shape index (κ3) is 3.98. The van der Waals surface area contributed by atoms with Crippen LogP contribution in [0.4, 0.5) is 0 Å². The summed E-state index contributed by atoms with van der Waals surface area (Å²) >= 11 is 4.09. The lowest BCUT2D eigenvalue weighted by molar-refractivity contribution is 0.752. The lowest BCUT2D eigenvalue weighted by atomic mass is 9.60. The van der Waals surface area contributed by atoms with Gasteiger partial charge < -0.3 is 9.13 Å². The average molecular weight is 740 g/mol. The van der Waals surface area contributed by atoms with E-state index in [4.69, 9.17) is 0 Å². The van der Waals surface area contributed by atoms with E-state index in [0.717, 1.165) is 11.4 Å². The van der Waals surface area contributed by atoms with Crippen LogP contribution in [0.25, 0.3) is 66.1 Å². The van der Waals surface area contributed by atoms with Crippen molar-refractivity contribution in [1.29, 1.82) is 0 Å². The first-order valence-electron chi connectivity index (χ1n) is 18.4. The molecule has 2 aromatic heterocycles. The van der Waals surface area contributed by atoms with E-state index >= 15 is 0 Å². The van der Waals surface area contributed by atoms with Crippen molar-refractivity contribution in [3.63, 3.8) is 0 Å². The molecule has 8 aromatic carbocycles. The Morgan fingerprint density at radius 3 is 1.13 bits per heavy atom. The van der Waals surface area contributed by atoms with E-state index in [9.17, 15) is 0 Å². The molecule has 3 heteroatoms. The van der Waals surface area contributed by atoms with Gasteiger partial charge in [0.1, 0.15) is 0 Å². The van der Waals surface area contributed by atoms with E-state index in [1.807, 2.05) is 0 Å². The maximum atomic E-state index is 4.09. The Hall–Kier alpha value is -6.16. The SMILES string of the molecule is Brc1ccc(-c2cc(-n3c4ccccc4c4ccccc43)cc(-n3c4ccccc4c4ccccc43)c2)c2c1C1c3ccccc3C2c2ccccc21. The molecule has 0 saturated carbocycles. The Morgan fingerprint density at radius 2 is 0.717 bits per heavy atom. The van der Waals surface area contributed by atoms with Crippen LogP contribution in [0, 0.1) is 0 Å². The number of para-hydroxylation sites is 4. The molecule has 0 fully saturated rings. The molecular weight excluding hydrogens is 708 g/mol. The van der Waals surface area contributed by atoms with Crippen LogP contribution in [-0.4, -0.2) is 9.13 Å². The predicted octanol–water partition coefficient (Wildman–Crippen LogP) is 13.3. The van der Waals surface area contributed by atoms with Gasteiger partial charge in [0.15, 0.2) is 0 Å². The van der Waals surface area contributed by atoms with Crippen LogP contribution in [0.15, 0.2) is 180 Å². The highest BCUT2D eigenvalue weighted by atomic mass is 79.9. The Morgan fingerprint density at radius 1 is 0.358 bits per heavy atom. The summed E-state index contributed by atoms with van der Waals surface area (Å²) in [7, 11) is 0. The topological polar surface area (TPSA) is 9.86 Å². The first-order chi connectivity index (χ1) is 26.2. The molecule has 0 unspecified atom stereocenters. The average Bonchev–Trinajstić information content (AvgIpc) is 3.74. The zero-order valence-electron chi connectivity index (χ0n) is 28.7. The van der Waals surface area contributed by atoms with E-state index in [1.165, 1.54) is 92.6 Å². The number of aromatic nitrogens is 2. The molecule has 2 bridgehead atoms. The van der Waals surface area contributed by atoms with E-state index < -0.39 is 0 Å². The molecule has 0 N–H and O–H groups in total. The summed E-state index contributed by atoms with van der Waals surface area (Å²) < 4.78 is 6.11. The largest absolute Gasteiger partial charge is 0.309 e. The first kappa shape index (κ1) is 29.4. The fraction of sp³-hybridized carbons (Fsp3) is 0.0400. The summed E-state index contributed by atoms with van der Waals surface area (Å²) in [6.45, 7) is 0. The number of benzene rings is 8. The first-order valence-corrected chi connectivity index (χ1v) is 19.2. The van der Waals surface area contributed by atoms with Crippen LogP contribution in [-0.2, 0) is 0 Å². The van der Waals surface area contributed by atoms with E-state index in [-0.39, 0.29) is 11.8 Å². The van der Waals surface area contributed by atoms with Crippen molar-refractivity contribution in [2.45, 2.75) is 11.8 Å². The molecular formula is C50H31BrN2. The number of nitrogens with zero attached hydrogens (tertiary/aromatic N) is 2. The molecule has 3 aliphatic rings. The highest BCUT2D eigenvalue weighted by Gasteiger charge is 2.43. The maximum absolute atomic E-state index is 4.09. The number of hydrogen-bond acceptors (Lipinski definition) is 0. The van der Waals surface area contributed by atoms with E-state index in [0.29, 0.717) is 0 Å². The number of halogens is 1. The summed E-state index contributed by atoms with van der Waals surface area (Å²) in [6, 6.07) is 65.4. The fourth-order valence-electron chi connectivity index (χ4n) is 9.91. The van der Waals surface area contributed by atoms with Gasteiger partial charge in [0, 0.05) is 49.2 Å². The second-order valence-electron chi connectivity index (χ2n) is 14.5. The highest BCUT2D eigenvalue weighted by Crippen LogP contribution is 2.59. The van der Waals surface area contributed by atoms with Gasteiger partial charge >= 0.3 is 0 Å². The summed E-state index contributed by atoms with van der Waals surface area (Å²) in [4.78, 5) is 0. The van der Waals surface area contributed by atoms with Gasteiger partial charge in [-0.15, -0.1) is 0 Å². The maximum Gasteiger partial charge on any atom is 0.0541 e. The van der Waals surface area contributed by atoms with Gasteiger partial charge in [-0.1, -0.05) is 143 Å². The molecule has 13 rings (SSSR count). The molecule has 2 heterocycles. The zero-order chi connectivity index (χ0) is 34.8. The van der Waals surface area contributed by atoms with E-state index in [1.54, 1.807) is 0 Å². The van der Waals surface area contributed by atoms with Crippen molar-refractivity contribution in [1.82, 2.24) is 9.13 Å². The summed E-state index contributed by atoms with van der Waals surface area (Å²) in [5, 5.41) is 5.05. The molecule has 0 spiro atoms. The Kier molecular flexibility index (Phi) is 6.07. The molecule has 3 aliphatic carbocycles. The van der Waals surface area contributed by atoms with Crippen molar-refractivity contribution in [2.75, 3.05) is 0 Å². The predicted molar refractivity (Wildman–Crippen MR) is 223 cm³/mol. The second kappa shape index (κ2) is 10.9. The van der Waals surface area contributed by atoms with Gasteiger partial charge in [-0.05, 0) is 93.0 Å². The van der Waals surface area contributed by atoms with Crippen LogP contribution >= 0.6 is 15.9 Å². The zero-order valence-corrected chi connectivity index (χ0v) is 30.3. The monoisotopic (exact) mass is 738 g/mol. The lowest BCUT2D eigenvalue weighted by Gasteiger charge is -2.43. The molecule has 0 atom stereocenters. The minimum Gasteiger partial charge on any atom is -0.309 e. The number of rotatable bonds is 3. The molecule has 0 radical (unpaired) electrons. The minimum absolute atomic E-state index is 0.142. The normalized spacial score (nSPS) is 15.6. The molecule has 0 amide bonds. The highest BCUT2D eigenvalue weighted by molar-refractivity contribution is 9.10. The standard InChI is InChI=1S/C50H31BrN2/c51-42-26-25-33(49-47-38-17-1-3-19-40(38)48(50(42)49)41-20-4-2-18-39(41)47)30-27-31(52-43-21-9-5-13-34(43)35-14-6-10-22-44(35)52)29-32(28-30)53-45-23-11-7-15-36(45)37-16-8-12-24-46(37)53/h1-29,47-48H. The lowest BCUT2D eigenvalue weighted by Crippen LogP contribution is -2.28. The van der Waals surface area contributed by atoms with Crippen molar-refractivity contribution in [2.24, 2.45) is 0 Å². The Bertz CT molecular complexity index is 2870. The Labute approximate surface area is 315 Å². The smallest absolute Gasteiger partial charge is 0.0541 e. The van der Waals surface area contributed by atoms with Crippen molar-refractivity contribution in [3.05, 3.63) is 214 Å². The van der Waals surface area contributed by atoms with Gasteiger partial charge in [0.25, 0.3) is 0 Å². The number of fused-ring (bicyclic) bond motifs is 6. The summed E-state index contributed by atoms with van der Waals surface area (Å²) in [5.74, 6) is 0.317.